The van der Waals surface area contributed by atoms with E-state index in [9.17, 15) is 4.79 Å². The van der Waals surface area contributed by atoms with Crippen LogP contribution in [-0.4, -0.2) is 43.6 Å². The average Bonchev–Trinajstić information content (AvgIpc) is 3.29. The van der Waals surface area contributed by atoms with Gasteiger partial charge in [-0.15, -0.1) is 10.2 Å². The van der Waals surface area contributed by atoms with Crippen molar-refractivity contribution in [2.75, 3.05) is 13.1 Å². The number of aromatic nitrogens is 4. The summed E-state index contributed by atoms with van der Waals surface area (Å²) in [5.41, 5.74) is 1.98. The van der Waals surface area contributed by atoms with Crippen LogP contribution in [0.15, 0.2) is 60.0 Å². The van der Waals surface area contributed by atoms with Gasteiger partial charge in [0.05, 0.1) is 0 Å². The lowest BCUT2D eigenvalue weighted by atomic mass is 10.1. The highest BCUT2D eigenvalue weighted by atomic mass is 32.2. The van der Waals surface area contributed by atoms with Crippen LogP contribution < -0.4 is 0 Å². The Morgan fingerprint density at radius 2 is 1.83 bits per heavy atom. The first-order valence-electron chi connectivity index (χ1n) is 10.2. The normalized spacial score (nSPS) is 17.4. The Balaban J connectivity index is 1.50. The molecule has 0 unspecified atom stereocenters. The number of thioether (sulfide) groups is 1. The standard InChI is InChI=1S/C22H23N5OS/c28-21(26-13-4-5-14-26)19(16-7-2-1-3-8-16)29-22-25-24-20(27(22)18-10-11-18)17-9-6-12-23-15-17/h1-3,6-9,12,15,18-19H,4-5,10-11,13-14H2/t19-/m0/s1. The molecule has 2 fully saturated rings. The number of pyridine rings is 1. The fourth-order valence-electron chi connectivity index (χ4n) is 3.81. The van der Waals surface area contributed by atoms with E-state index in [0.717, 1.165) is 60.9 Å². The molecule has 3 aromatic rings. The van der Waals surface area contributed by atoms with Crippen LogP contribution in [0.1, 0.15) is 42.5 Å². The van der Waals surface area contributed by atoms with E-state index >= 15 is 0 Å². The maximum Gasteiger partial charge on any atom is 0.240 e. The van der Waals surface area contributed by atoms with Gasteiger partial charge in [0.1, 0.15) is 5.25 Å². The van der Waals surface area contributed by atoms with Crippen LogP contribution in [0.4, 0.5) is 0 Å². The smallest absolute Gasteiger partial charge is 0.240 e. The van der Waals surface area contributed by atoms with E-state index in [4.69, 9.17) is 0 Å². The van der Waals surface area contributed by atoms with E-state index in [1.165, 1.54) is 11.8 Å². The third-order valence-electron chi connectivity index (χ3n) is 5.46. The number of hydrogen-bond donors (Lipinski definition) is 0. The second-order valence-corrected chi connectivity index (χ2v) is 8.66. The first-order chi connectivity index (χ1) is 14.3. The van der Waals surface area contributed by atoms with Crippen molar-refractivity contribution in [2.45, 2.75) is 42.1 Å². The lowest BCUT2D eigenvalue weighted by Gasteiger charge is -2.23. The minimum absolute atomic E-state index is 0.173. The van der Waals surface area contributed by atoms with E-state index in [-0.39, 0.29) is 11.2 Å². The summed E-state index contributed by atoms with van der Waals surface area (Å²) in [6, 6.07) is 14.4. The summed E-state index contributed by atoms with van der Waals surface area (Å²) >= 11 is 1.52. The first-order valence-corrected chi connectivity index (χ1v) is 11.0. The van der Waals surface area contributed by atoms with E-state index in [0.29, 0.717) is 6.04 Å². The molecule has 1 amide bonds. The molecule has 0 radical (unpaired) electrons. The van der Waals surface area contributed by atoms with Gasteiger partial charge >= 0.3 is 0 Å². The van der Waals surface area contributed by atoms with Crippen LogP contribution in [-0.2, 0) is 4.79 Å². The molecule has 1 saturated heterocycles. The predicted molar refractivity (Wildman–Crippen MR) is 112 cm³/mol. The lowest BCUT2D eigenvalue weighted by Crippen LogP contribution is -2.31. The molecule has 2 aliphatic rings. The minimum atomic E-state index is -0.308. The number of rotatable bonds is 6. The topological polar surface area (TPSA) is 63.9 Å². The molecule has 1 atom stereocenters. The summed E-state index contributed by atoms with van der Waals surface area (Å²) in [6.45, 7) is 1.69. The molecular formula is C22H23N5OS. The van der Waals surface area contributed by atoms with Crippen LogP contribution >= 0.6 is 11.8 Å². The molecule has 7 heteroatoms. The molecule has 6 nitrogen and oxygen atoms in total. The Labute approximate surface area is 174 Å². The molecule has 148 valence electrons. The molecule has 1 aliphatic heterocycles. The molecule has 0 spiro atoms. The Morgan fingerprint density at radius 1 is 1.03 bits per heavy atom. The van der Waals surface area contributed by atoms with Gasteiger partial charge in [-0.3, -0.25) is 14.3 Å². The van der Waals surface area contributed by atoms with Crippen LogP contribution in [0.2, 0.25) is 0 Å². The van der Waals surface area contributed by atoms with E-state index in [2.05, 4.69) is 19.7 Å². The SMILES string of the molecule is O=C([C@@H](Sc1nnc(-c2cccnc2)n1C1CC1)c1ccccc1)N1CCCC1. The monoisotopic (exact) mass is 405 g/mol. The van der Waals surface area contributed by atoms with Crippen molar-refractivity contribution in [1.82, 2.24) is 24.6 Å². The molecule has 1 aliphatic carbocycles. The van der Waals surface area contributed by atoms with Crippen LogP contribution in [0.5, 0.6) is 0 Å². The highest BCUT2D eigenvalue weighted by Crippen LogP contribution is 2.44. The first kappa shape index (κ1) is 18.4. The van der Waals surface area contributed by atoms with Crippen molar-refractivity contribution >= 4 is 17.7 Å². The molecule has 0 bridgehead atoms. The van der Waals surface area contributed by atoms with Crippen molar-refractivity contribution in [2.24, 2.45) is 0 Å². The summed E-state index contributed by atoms with van der Waals surface area (Å²) in [5.74, 6) is 1.01. The van der Waals surface area contributed by atoms with Gasteiger partial charge in [0.2, 0.25) is 5.91 Å². The largest absolute Gasteiger partial charge is 0.341 e. The zero-order valence-corrected chi connectivity index (χ0v) is 17.0. The van der Waals surface area contributed by atoms with Gasteiger partial charge in [-0.25, -0.2) is 0 Å². The molecule has 1 aromatic carbocycles. The summed E-state index contributed by atoms with van der Waals surface area (Å²) in [4.78, 5) is 19.6. The van der Waals surface area contributed by atoms with Crippen LogP contribution in [0.3, 0.4) is 0 Å². The molecule has 0 N–H and O–H groups in total. The number of hydrogen-bond acceptors (Lipinski definition) is 5. The molecule has 3 heterocycles. The second-order valence-electron chi connectivity index (χ2n) is 7.59. The summed E-state index contributed by atoms with van der Waals surface area (Å²) < 4.78 is 2.20. The molecular weight excluding hydrogens is 382 g/mol. The zero-order valence-electron chi connectivity index (χ0n) is 16.1. The zero-order chi connectivity index (χ0) is 19.6. The Bertz CT molecular complexity index is 981. The van der Waals surface area contributed by atoms with Crippen molar-refractivity contribution < 1.29 is 4.79 Å². The number of likely N-dealkylation sites (tertiary alicyclic amines) is 1. The summed E-state index contributed by atoms with van der Waals surface area (Å²) in [7, 11) is 0. The highest BCUT2D eigenvalue weighted by Gasteiger charge is 2.34. The van der Waals surface area contributed by atoms with Crippen molar-refractivity contribution in [3.63, 3.8) is 0 Å². The molecule has 5 rings (SSSR count). The fourth-order valence-corrected chi connectivity index (χ4v) is 5.00. The third kappa shape index (κ3) is 3.79. The fraction of sp³-hybridized carbons (Fsp3) is 0.364. The number of carbonyl (C=O) groups excluding carboxylic acids is 1. The van der Waals surface area contributed by atoms with Gasteiger partial charge in [0.15, 0.2) is 11.0 Å². The Kier molecular flexibility index (Phi) is 5.06. The van der Waals surface area contributed by atoms with Crippen LogP contribution in [0.25, 0.3) is 11.4 Å². The molecule has 2 aromatic heterocycles. The van der Waals surface area contributed by atoms with Gasteiger partial charge in [0.25, 0.3) is 0 Å². The van der Waals surface area contributed by atoms with Crippen molar-refractivity contribution in [1.29, 1.82) is 0 Å². The minimum Gasteiger partial charge on any atom is -0.341 e. The van der Waals surface area contributed by atoms with Gasteiger partial charge in [-0.05, 0) is 43.4 Å². The number of amides is 1. The third-order valence-corrected chi connectivity index (χ3v) is 6.66. The van der Waals surface area contributed by atoms with Gasteiger partial charge in [-0.2, -0.15) is 0 Å². The maximum absolute atomic E-state index is 13.4. The second kappa shape index (κ2) is 7.99. The predicted octanol–water partition coefficient (Wildman–Crippen LogP) is 4.13. The Hall–Kier alpha value is -2.67. The molecule has 29 heavy (non-hydrogen) atoms. The maximum atomic E-state index is 13.4. The summed E-state index contributed by atoms with van der Waals surface area (Å²) in [6.07, 6.45) is 7.99. The van der Waals surface area contributed by atoms with Gasteiger partial charge in [0, 0.05) is 37.1 Å². The Morgan fingerprint density at radius 3 is 2.52 bits per heavy atom. The summed E-state index contributed by atoms with van der Waals surface area (Å²) in [5, 5.41) is 9.49. The number of nitrogens with zero attached hydrogens (tertiary/aromatic N) is 5. The van der Waals surface area contributed by atoms with E-state index < -0.39 is 0 Å². The average molecular weight is 406 g/mol. The van der Waals surface area contributed by atoms with Crippen molar-refractivity contribution in [3.05, 3.63) is 60.4 Å². The van der Waals surface area contributed by atoms with Crippen molar-refractivity contribution in [3.8, 4) is 11.4 Å². The van der Waals surface area contributed by atoms with Crippen LogP contribution in [0, 0.1) is 0 Å². The van der Waals surface area contributed by atoms with E-state index in [1.54, 1.807) is 6.20 Å². The molecule has 1 saturated carbocycles. The van der Waals surface area contributed by atoms with E-state index in [1.807, 2.05) is 53.6 Å². The van der Waals surface area contributed by atoms with Gasteiger partial charge < -0.3 is 4.90 Å². The number of benzene rings is 1. The lowest BCUT2D eigenvalue weighted by molar-refractivity contribution is -0.129. The van der Waals surface area contributed by atoms with Gasteiger partial charge in [-0.1, -0.05) is 42.1 Å². The highest BCUT2D eigenvalue weighted by molar-refractivity contribution is 8.00. The quantitative estimate of drug-likeness (QED) is 0.577. The number of carbonyl (C=O) groups is 1.